The maximum Gasteiger partial charge on any atom is 0.416 e. The molecule has 1 N–H and O–H groups in total. The number of benzene rings is 2. The molecule has 1 fully saturated rings. The Morgan fingerprint density at radius 1 is 1.00 bits per heavy atom. The van der Waals surface area contributed by atoms with Crippen molar-refractivity contribution in [1.82, 2.24) is 9.88 Å². The minimum atomic E-state index is -4.45. The minimum absolute atomic E-state index is 0.0192. The molecular formula is C32H33F3N4O2. The standard InChI is InChI=1S/C32H33F3N4O2/c1-31(2,3)17-28(40)38-14-13-19-16-23(8-7-21(19)18-38)36-30(41)39-27-12-10-24(27)25-9-11-26(37-29(25)39)20-5-4-6-22(15-20)32(33,34)35/h4-9,11,15-16,24,27H,10,12-14,17-18H2,1-3H3,(H,36,41). The number of alkyl halides is 3. The van der Waals surface area contributed by atoms with Crippen LogP contribution in [0.25, 0.3) is 11.3 Å². The lowest BCUT2D eigenvalue weighted by Crippen LogP contribution is -2.46. The molecule has 3 aliphatic rings. The van der Waals surface area contributed by atoms with Crippen molar-refractivity contribution in [3.8, 4) is 11.3 Å². The summed E-state index contributed by atoms with van der Waals surface area (Å²) in [6.45, 7) is 7.38. The van der Waals surface area contributed by atoms with Crippen LogP contribution >= 0.6 is 0 Å². The number of nitrogens with one attached hydrogen (secondary N) is 1. The highest BCUT2D eigenvalue weighted by Gasteiger charge is 2.48. The number of amides is 3. The van der Waals surface area contributed by atoms with Crippen molar-refractivity contribution in [3.05, 3.63) is 76.9 Å². The lowest BCUT2D eigenvalue weighted by atomic mass is 9.78. The molecule has 0 radical (unpaired) electrons. The summed E-state index contributed by atoms with van der Waals surface area (Å²) in [5.41, 5.74) is 3.76. The topological polar surface area (TPSA) is 65.5 Å². The molecule has 2 atom stereocenters. The Labute approximate surface area is 237 Å². The summed E-state index contributed by atoms with van der Waals surface area (Å²) in [4.78, 5) is 34.6. The Bertz CT molecular complexity index is 1530. The molecule has 2 aromatic carbocycles. The number of fused-ring (bicyclic) bond motifs is 4. The Hall–Kier alpha value is -3.88. The van der Waals surface area contributed by atoms with Crippen LogP contribution in [0, 0.1) is 5.41 Å². The molecule has 9 heteroatoms. The number of carbonyl (C=O) groups is 2. The fourth-order valence-electron chi connectivity index (χ4n) is 6.11. The van der Waals surface area contributed by atoms with E-state index in [-0.39, 0.29) is 29.3 Å². The van der Waals surface area contributed by atoms with Crippen molar-refractivity contribution < 1.29 is 22.8 Å². The van der Waals surface area contributed by atoms with Crippen LogP contribution in [-0.2, 0) is 23.9 Å². The van der Waals surface area contributed by atoms with Crippen LogP contribution in [0.2, 0.25) is 0 Å². The van der Waals surface area contributed by atoms with E-state index in [0.717, 1.165) is 41.7 Å². The van der Waals surface area contributed by atoms with Gasteiger partial charge in [-0.2, -0.15) is 13.2 Å². The molecule has 0 saturated heterocycles. The summed E-state index contributed by atoms with van der Waals surface area (Å²) in [5.74, 6) is 0.843. The SMILES string of the molecule is CC(C)(C)CC(=O)N1CCc2cc(NC(=O)N3c4nc(-c5cccc(C(F)(F)F)c5)ccc4C4CCC43)ccc2C1. The van der Waals surface area contributed by atoms with E-state index in [4.69, 9.17) is 4.98 Å². The van der Waals surface area contributed by atoms with Gasteiger partial charge in [0.05, 0.1) is 11.3 Å². The second-order valence-electron chi connectivity index (χ2n) is 12.5. The zero-order valence-electron chi connectivity index (χ0n) is 23.4. The number of hydrogen-bond acceptors (Lipinski definition) is 3. The monoisotopic (exact) mass is 562 g/mol. The first-order valence-electron chi connectivity index (χ1n) is 14.1. The van der Waals surface area contributed by atoms with E-state index in [1.54, 1.807) is 17.0 Å². The van der Waals surface area contributed by atoms with E-state index in [0.29, 0.717) is 48.7 Å². The van der Waals surface area contributed by atoms with Gasteiger partial charge in [-0.15, -0.1) is 0 Å². The molecule has 41 heavy (non-hydrogen) atoms. The Kier molecular flexibility index (Phi) is 6.58. The van der Waals surface area contributed by atoms with E-state index in [2.05, 4.69) is 26.1 Å². The number of hydrogen-bond donors (Lipinski definition) is 1. The summed E-state index contributed by atoms with van der Waals surface area (Å²) < 4.78 is 39.9. The Morgan fingerprint density at radius 2 is 1.80 bits per heavy atom. The van der Waals surface area contributed by atoms with Gasteiger partial charge in [-0.1, -0.05) is 45.0 Å². The van der Waals surface area contributed by atoms with E-state index in [1.807, 2.05) is 29.2 Å². The number of pyridine rings is 1. The summed E-state index contributed by atoms with van der Waals surface area (Å²) in [6.07, 6.45) is -1.45. The van der Waals surface area contributed by atoms with Crippen molar-refractivity contribution in [2.75, 3.05) is 16.8 Å². The average molecular weight is 563 g/mol. The largest absolute Gasteiger partial charge is 0.416 e. The Morgan fingerprint density at radius 3 is 2.51 bits per heavy atom. The fourth-order valence-corrected chi connectivity index (χ4v) is 6.11. The van der Waals surface area contributed by atoms with Gasteiger partial charge in [-0.05, 0) is 66.1 Å². The van der Waals surface area contributed by atoms with Gasteiger partial charge in [0.25, 0.3) is 0 Å². The average Bonchev–Trinajstić information content (AvgIpc) is 3.11. The molecule has 3 aromatic rings. The van der Waals surface area contributed by atoms with E-state index in [9.17, 15) is 22.8 Å². The molecule has 1 aliphatic carbocycles. The second kappa shape index (κ2) is 9.89. The summed E-state index contributed by atoms with van der Waals surface area (Å²) in [6, 6.07) is 14.2. The molecule has 3 amide bonds. The lowest BCUT2D eigenvalue weighted by molar-refractivity contribution is -0.137. The number of aromatic nitrogens is 1. The van der Waals surface area contributed by atoms with E-state index >= 15 is 0 Å². The molecule has 6 nitrogen and oxygen atoms in total. The van der Waals surface area contributed by atoms with Crippen molar-refractivity contribution >= 4 is 23.4 Å². The molecule has 0 spiro atoms. The smallest absolute Gasteiger partial charge is 0.338 e. The number of nitrogens with zero attached hydrogens (tertiary/aromatic N) is 3. The molecule has 6 rings (SSSR count). The van der Waals surface area contributed by atoms with Crippen molar-refractivity contribution in [2.24, 2.45) is 5.41 Å². The first-order chi connectivity index (χ1) is 19.4. The van der Waals surface area contributed by atoms with Crippen molar-refractivity contribution in [2.45, 2.75) is 71.1 Å². The van der Waals surface area contributed by atoms with Crippen LogP contribution in [0.3, 0.4) is 0 Å². The zero-order valence-corrected chi connectivity index (χ0v) is 23.4. The molecular weight excluding hydrogens is 529 g/mol. The summed E-state index contributed by atoms with van der Waals surface area (Å²) in [5, 5.41) is 3.03. The number of anilines is 2. The predicted octanol–water partition coefficient (Wildman–Crippen LogP) is 7.39. The highest BCUT2D eigenvalue weighted by molar-refractivity contribution is 6.03. The third-order valence-corrected chi connectivity index (χ3v) is 8.31. The summed E-state index contributed by atoms with van der Waals surface area (Å²) in [7, 11) is 0. The van der Waals surface area contributed by atoms with Crippen LogP contribution < -0.4 is 10.2 Å². The van der Waals surface area contributed by atoms with Crippen LogP contribution in [0.5, 0.6) is 0 Å². The van der Waals surface area contributed by atoms with Gasteiger partial charge in [0.1, 0.15) is 5.82 Å². The molecule has 3 heterocycles. The number of urea groups is 1. The van der Waals surface area contributed by atoms with Crippen LogP contribution in [0.4, 0.5) is 29.5 Å². The van der Waals surface area contributed by atoms with Gasteiger partial charge in [0, 0.05) is 48.3 Å². The fraction of sp³-hybridized carbons (Fsp3) is 0.406. The second-order valence-corrected chi connectivity index (χ2v) is 12.5. The zero-order chi connectivity index (χ0) is 29.1. The number of rotatable bonds is 3. The maximum atomic E-state index is 13.6. The molecule has 2 aliphatic heterocycles. The first kappa shape index (κ1) is 27.3. The third-order valence-electron chi connectivity index (χ3n) is 8.31. The third kappa shape index (κ3) is 5.29. The van der Waals surface area contributed by atoms with Gasteiger partial charge in [0.2, 0.25) is 5.91 Å². The molecule has 2 unspecified atom stereocenters. The highest BCUT2D eigenvalue weighted by atomic mass is 19.4. The number of carbonyl (C=O) groups excluding carboxylic acids is 2. The van der Waals surface area contributed by atoms with Gasteiger partial charge in [-0.25, -0.2) is 9.78 Å². The summed E-state index contributed by atoms with van der Waals surface area (Å²) >= 11 is 0. The number of halogens is 3. The first-order valence-corrected chi connectivity index (χ1v) is 14.1. The quantitative estimate of drug-likeness (QED) is 0.362. The van der Waals surface area contributed by atoms with Crippen LogP contribution in [0.1, 0.15) is 68.2 Å². The maximum absolute atomic E-state index is 13.6. The van der Waals surface area contributed by atoms with Crippen molar-refractivity contribution in [1.29, 1.82) is 0 Å². The molecule has 1 aromatic heterocycles. The van der Waals surface area contributed by atoms with Gasteiger partial charge >= 0.3 is 12.2 Å². The minimum Gasteiger partial charge on any atom is -0.338 e. The van der Waals surface area contributed by atoms with Crippen LogP contribution in [-0.4, -0.2) is 34.4 Å². The lowest BCUT2D eigenvalue weighted by Gasteiger charge is -2.35. The van der Waals surface area contributed by atoms with E-state index in [1.165, 1.54) is 6.07 Å². The van der Waals surface area contributed by atoms with Gasteiger partial charge < -0.3 is 10.2 Å². The predicted molar refractivity (Wildman–Crippen MR) is 152 cm³/mol. The molecule has 214 valence electrons. The molecule has 1 saturated carbocycles. The molecule has 0 bridgehead atoms. The Balaban J connectivity index is 1.21. The highest BCUT2D eigenvalue weighted by Crippen LogP contribution is 2.51. The van der Waals surface area contributed by atoms with Gasteiger partial charge in [0.15, 0.2) is 0 Å². The van der Waals surface area contributed by atoms with Gasteiger partial charge in [-0.3, -0.25) is 9.69 Å². The van der Waals surface area contributed by atoms with Crippen molar-refractivity contribution in [3.63, 3.8) is 0 Å². The van der Waals surface area contributed by atoms with E-state index < -0.39 is 11.7 Å². The normalized spacial score (nSPS) is 19.7. The van der Waals surface area contributed by atoms with Crippen LogP contribution in [0.15, 0.2) is 54.6 Å².